The van der Waals surface area contributed by atoms with Crippen LogP contribution < -0.4 is 5.32 Å². The first kappa shape index (κ1) is 7.34. The van der Waals surface area contributed by atoms with Crippen molar-refractivity contribution in [3.8, 4) is 0 Å². The standard InChI is InChI=1S/C10H17NO/c1-3-11-9-6-10-8(2-4-12-10)5-7(1)9/h7-11H,1-6H2. The molecule has 1 N–H and O–H groups in total. The summed E-state index contributed by atoms with van der Waals surface area (Å²) in [6.45, 7) is 2.27. The van der Waals surface area contributed by atoms with Crippen molar-refractivity contribution in [1.82, 2.24) is 5.32 Å². The summed E-state index contributed by atoms with van der Waals surface area (Å²) in [5.41, 5.74) is 0. The molecule has 0 amide bonds. The molecular formula is C10H17NO. The van der Waals surface area contributed by atoms with E-state index in [1.54, 1.807) is 0 Å². The Morgan fingerprint density at radius 3 is 3.08 bits per heavy atom. The fraction of sp³-hybridized carbons (Fsp3) is 1.00. The number of nitrogens with one attached hydrogen (secondary N) is 1. The van der Waals surface area contributed by atoms with Crippen LogP contribution in [0.2, 0.25) is 0 Å². The minimum atomic E-state index is 0.608. The first-order chi connectivity index (χ1) is 5.93. The molecule has 2 heteroatoms. The van der Waals surface area contributed by atoms with E-state index < -0.39 is 0 Å². The molecule has 1 saturated carbocycles. The fourth-order valence-corrected chi connectivity index (χ4v) is 3.24. The largest absolute Gasteiger partial charge is 0.378 e. The van der Waals surface area contributed by atoms with Gasteiger partial charge >= 0.3 is 0 Å². The molecule has 0 radical (unpaired) electrons. The summed E-state index contributed by atoms with van der Waals surface area (Å²) in [4.78, 5) is 0. The minimum Gasteiger partial charge on any atom is -0.378 e. The van der Waals surface area contributed by atoms with Crippen molar-refractivity contribution in [1.29, 1.82) is 0 Å². The Morgan fingerprint density at radius 1 is 1.08 bits per heavy atom. The molecule has 12 heavy (non-hydrogen) atoms. The van der Waals surface area contributed by atoms with Gasteiger partial charge in [0.05, 0.1) is 6.10 Å². The van der Waals surface area contributed by atoms with Crippen molar-refractivity contribution < 1.29 is 4.74 Å². The molecule has 2 saturated heterocycles. The van der Waals surface area contributed by atoms with Gasteiger partial charge in [-0.05, 0) is 44.1 Å². The van der Waals surface area contributed by atoms with Crippen LogP contribution >= 0.6 is 0 Å². The maximum Gasteiger partial charge on any atom is 0.0619 e. The van der Waals surface area contributed by atoms with E-state index in [0.717, 1.165) is 24.5 Å². The maximum absolute atomic E-state index is 5.73. The molecule has 2 aliphatic heterocycles. The van der Waals surface area contributed by atoms with Gasteiger partial charge in [0.1, 0.15) is 0 Å². The Hall–Kier alpha value is -0.0800. The van der Waals surface area contributed by atoms with Gasteiger partial charge in [0, 0.05) is 12.6 Å². The van der Waals surface area contributed by atoms with E-state index in [9.17, 15) is 0 Å². The van der Waals surface area contributed by atoms with E-state index in [2.05, 4.69) is 5.32 Å². The fourth-order valence-electron chi connectivity index (χ4n) is 3.24. The van der Waals surface area contributed by atoms with Gasteiger partial charge in [-0.3, -0.25) is 0 Å². The highest BCUT2D eigenvalue weighted by Gasteiger charge is 2.41. The van der Waals surface area contributed by atoms with Gasteiger partial charge in [-0.15, -0.1) is 0 Å². The molecule has 3 fully saturated rings. The molecule has 0 aromatic rings. The molecule has 4 unspecified atom stereocenters. The summed E-state index contributed by atoms with van der Waals surface area (Å²) < 4.78 is 5.73. The maximum atomic E-state index is 5.73. The Kier molecular flexibility index (Phi) is 1.66. The van der Waals surface area contributed by atoms with Gasteiger partial charge in [-0.25, -0.2) is 0 Å². The van der Waals surface area contributed by atoms with Crippen LogP contribution in [0, 0.1) is 11.8 Å². The van der Waals surface area contributed by atoms with Crippen molar-refractivity contribution in [2.45, 2.75) is 37.8 Å². The number of fused-ring (bicyclic) bond motifs is 2. The molecule has 4 atom stereocenters. The number of hydrogen-bond donors (Lipinski definition) is 1. The first-order valence-corrected chi connectivity index (χ1v) is 5.28. The predicted molar refractivity (Wildman–Crippen MR) is 47.0 cm³/mol. The number of ether oxygens (including phenoxy) is 1. The van der Waals surface area contributed by atoms with Crippen molar-refractivity contribution >= 4 is 0 Å². The Balaban J connectivity index is 1.75. The van der Waals surface area contributed by atoms with Crippen LogP contribution in [0.1, 0.15) is 25.7 Å². The van der Waals surface area contributed by atoms with E-state index in [4.69, 9.17) is 4.74 Å². The lowest BCUT2D eigenvalue weighted by Crippen LogP contribution is -2.39. The van der Waals surface area contributed by atoms with E-state index in [1.165, 1.54) is 32.2 Å². The summed E-state index contributed by atoms with van der Waals surface area (Å²) in [6, 6.07) is 0.796. The highest BCUT2D eigenvalue weighted by molar-refractivity contribution is 4.95. The summed E-state index contributed by atoms with van der Waals surface area (Å²) in [7, 11) is 0. The van der Waals surface area contributed by atoms with Gasteiger partial charge in [0.15, 0.2) is 0 Å². The predicted octanol–water partition coefficient (Wildman–Crippen LogP) is 1.16. The Labute approximate surface area is 73.7 Å². The quantitative estimate of drug-likeness (QED) is 0.584. The molecule has 68 valence electrons. The molecule has 0 bridgehead atoms. The van der Waals surface area contributed by atoms with Crippen molar-refractivity contribution in [3.05, 3.63) is 0 Å². The molecule has 3 aliphatic rings. The Bertz CT molecular complexity index is 147. The lowest BCUT2D eigenvalue weighted by Gasteiger charge is -2.33. The van der Waals surface area contributed by atoms with Crippen LogP contribution in [0.25, 0.3) is 0 Å². The van der Waals surface area contributed by atoms with Crippen LogP contribution in [0.15, 0.2) is 0 Å². The van der Waals surface area contributed by atoms with E-state index in [1.807, 2.05) is 0 Å². The average Bonchev–Trinajstić information content (AvgIpc) is 2.64. The lowest BCUT2D eigenvalue weighted by atomic mass is 9.77. The number of rotatable bonds is 0. The number of hydrogen-bond acceptors (Lipinski definition) is 2. The van der Waals surface area contributed by atoms with Crippen molar-refractivity contribution in [2.24, 2.45) is 11.8 Å². The SMILES string of the molecule is C1CC2CC3CCOC3CC2N1. The highest BCUT2D eigenvalue weighted by atomic mass is 16.5. The zero-order valence-corrected chi connectivity index (χ0v) is 7.46. The van der Waals surface area contributed by atoms with Crippen LogP contribution in [-0.4, -0.2) is 25.3 Å². The third-order valence-corrected chi connectivity index (χ3v) is 3.93. The van der Waals surface area contributed by atoms with Gasteiger partial charge < -0.3 is 10.1 Å². The molecule has 1 aliphatic carbocycles. The van der Waals surface area contributed by atoms with E-state index in [0.29, 0.717) is 6.10 Å². The summed E-state index contributed by atoms with van der Waals surface area (Å²) in [5, 5.41) is 3.59. The van der Waals surface area contributed by atoms with Gasteiger partial charge in [-0.1, -0.05) is 0 Å². The molecule has 0 spiro atoms. The van der Waals surface area contributed by atoms with E-state index >= 15 is 0 Å². The molecule has 2 nitrogen and oxygen atoms in total. The lowest BCUT2D eigenvalue weighted by molar-refractivity contribution is 0.0444. The third kappa shape index (κ3) is 1.01. The van der Waals surface area contributed by atoms with Gasteiger partial charge in [0.2, 0.25) is 0 Å². The van der Waals surface area contributed by atoms with Crippen molar-refractivity contribution in [2.75, 3.05) is 13.2 Å². The van der Waals surface area contributed by atoms with Crippen LogP contribution in [-0.2, 0) is 4.74 Å². The second kappa shape index (κ2) is 2.71. The Morgan fingerprint density at radius 2 is 2.08 bits per heavy atom. The zero-order chi connectivity index (χ0) is 7.97. The molecule has 2 heterocycles. The van der Waals surface area contributed by atoms with Crippen LogP contribution in [0.5, 0.6) is 0 Å². The van der Waals surface area contributed by atoms with Crippen molar-refractivity contribution in [3.63, 3.8) is 0 Å². The molecule has 3 rings (SSSR count). The topological polar surface area (TPSA) is 21.3 Å². The summed E-state index contributed by atoms with van der Waals surface area (Å²) in [6.07, 6.45) is 6.07. The van der Waals surface area contributed by atoms with Crippen LogP contribution in [0.3, 0.4) is 0 Å². The monoisotopic (exact) mass is 167 g/mol. The normalized spacial score (nSPS) is 52.0. The third-order valence-electron chi connectivity index (χ3n) is 3.93. The van der Waals surface area contributed by atoms with Crippen LogP contribution in [0.4, 0.5) is 0 Å². The van der Waals surface area contributed by atoms with E-state index in [-0.39, 0.29) is 0 Å². The van der Waals surface area contributed by atoms with Gasteiger partial charge in [0.25, 0.3) is 0 Å². The average molecular weight is 167 g/mol. The molecule has 0 aromatic carbocycles. The smallest absolute Gasteiger partial charge is 0.0619 e. The summed E-state index contributed by atoms with van der Waals surface area (Å²) >= 11 is 0. The first-order valence-electron chi connectivity index (χ1n) is 5.28. The second-order valence-corrected chi connectivity index (χ2v) is 4.54. The van der Waals surface area contributed by atoms with Gasteiger partial charge in [-0.2, -0.15) is 0 Å². The highest BCUT2D eigenvalue weighted by Crippen LogP contribution is 2.40. The molecule has 0 aromatic heterocycles. The zero-order valence-electron chi connectivity index (χ0n) is 7.46. The minimum absolute atomic E-state index is 0.608. The summed E-state index contributed by atoms with van der Waals surface area (Å²) in [5.74, 6) is 1.89. The molecular weight excluding hydrogens is 150 g/mol. The second-order valence-electron chi connectivity index (χ2n) is 4.54.